The topological polar surface area (TPSA) is 102 Å². The van der Waals surface area contributed by atoms with Crippen LogP contribution in [-0.2, 0) is 11.2 Å². The van der Waals surface area contributed by atoms with Crippen molar-refractivity contribution in [1.82, 2.24) is 15.2 Å². The molecule has 0 aliphatic carbocycles. The van der Waals surface area contributed by atoms with Crippen LogP contribution in [0.1, 0.15) is 39.3 Å². The molecule has 0 unspecified atom stereocenters. The van der Waals surface area contributed by atoms with Crippen LogP contribution in [0.25, 0.3) is 0 Å². The number of H-pyrrole nitrogens is 1. The molecule has 2 heterocycles. The van der Waals surface area contributed by atoms with Crippen molar-refractivity contribution in [1.29, 1.82) is 0 Å². The number of hydrogen-bond acceptors (Lipinski definition) is 3. The van der Waals surface area contributed by atoms with Crippen LogP contribution in [0.2, 0.25) is 0 Å². The lowest BCUT2D eigenvalue weighted by Gasteiger charge is -2.14. The van der Waals surface area contributed by atoms with E-state index in [0.717, 1.165) is 31.5 Å². The number of benzene rings is 1. The number of carbonyl (C=O) groups is 3. The lowest BCUT2D eigenvalue weighted by atomic mass is 10.1. The Morgan fingerprint density at radius 3 is 2.50 bits per heavy atom. The quantitative estimate of drug-likeness (QED) is 0.733. The second-order valence-electron chi connectivity index (χ2n) is 6.36. The number of hydrogen-bond donors (Lipinski definition) is 3. The molecule has 1 fully saturated rings. The second-order valence-corrected chi connectivity index (χ2v) is 6.36. The monoisotopic (exact) mass is 355 g/mol. The smallest absolute Gasteiger partial charge is 0.326 e. The van der Waals surface area contributed by atoms with Gasteiger partial charge in [0.25, 0.3) is 11.8 Å². The van der Waals surface area contributed by atoms with Crippen molar-refractivity contribution in [2.75, 3.05) is 13.1 Å². The van der Waals surface area contributed by atoms with Gasteiger partial charge in [0.15, 0.2) is 0 Å². The summed E-state index contributed by atoms with van der Waals surface area (Å²) < 4.78 is 0. The zero-order valence-corrected chi connectivity index (χ0v) is 14.3. The highest BCUT2D eigenvalue weighted by Gasteiger charge is 2.24. The Kier molecular flexibility index (Phi) is 5.36. The van der Waals surface area contributed by atoms with E-state index in [1.807, 2.05) is 30.3 Å². The third-order valence-corrected chi connectivity index (χ3v) is 4.45. The SMILES string of the molecule is O=C(N[C@H](Cc1ccccc1)C(=O)O)c1c[nH]c(C(=O)N2CCCC2)c1. The summed E-state index contributed by atoms with van der Waals surface area (Å²) in [5.74, 6) is -1.77. The number of aromatic amines is 1. The normalized spacial score (nSPS) is 14.8. The van der Waals surface area contributed by atoms with Crippen molar-refractivity contribution in [3.63, 3.8) is 0 Å². The summed E-state index contributed by atoms with van der Waals surface area (Å²) in [5, 5.41) is 11.9. The third kappa shape index (κ3) is 4.11. The van der Waals surface area contributed by atoms with Gasteiger partial charge in [-0.25, -0.2) is 4.79 Å². The molecular weight excluding hydrogens is 334 g/mol. The number of aliphatic carboxylic acids is 1. The largest absolute Gasteiger partial charge is 0.480 e. The summed E-state index contributed by atoms with van der Waals surface area (Å²) in [4.78, 5) is 40.7. The Balaban J connectivity index is 1.66. The van der Waals surface area contributed by atoms with Crippen molar-refractivity contribution < 1.29 is 19.5 Å². The summed E-state index contributed by atoms with van der Waals surface area (Å²) in [6.45, 7) is 1.44. The van der Waals surface area contributed by atoms with Gasteiger partial charge in [0.2, 0.25) is 0 Å². The highest BCUT2D eigenvalue weighted by atomic mass is 16.4. The van der Waals surface area contributed by atoms with E-state index < -0.39 is 17.9 Å². The first-order valence-corrected chi connectivity index (χ1v) is 8.60. The summed E-state index contributed by atoms with van der Waals surface area (Å²) in [5.41, 5.74) is 1.40. The number of nitrogens with one attached hydrogen (secondary N) is 2. The van der Waals surface area contributed by atoms with E-state index in [2.05, 4.69) is 10.3 Å². The Labute approximate surface area is 151 Å². The number of aromatic nitrogens is 1. The van der Waals surface area contributed by atoms with Gasteiger partial charge in [-0.2, -0.15) is 0 Å². The average Bonchev–Trinajstić information content (AvgIpc) is 3.33. The van der Waals surface area contributed by atoms with Crippen molar-refractivity contribution >= 4 is 17.8 Å². The molecule has 1 aromatic carbocycles. The number of carbonyl (C=O) groups excluding carboxylic acids is 2. The Morgan fingerprint density at radius 1 is 1.15 bits per heavy atom. The first-order chi connectivity index (χ1) is 12.5. The first-order valence-electron chi connectivity index (χ1n) is 8.60. The minimum atomic E-state index is -1.11. The van der Waals surface area contributed by atoms with Gasteiger partial charge in [-0.15, -0.1) is 0 Å². The summed E-state index contributed by atoms with van der Waals surface area (Å²) in [6.07, 6.45) is 3.59. The molecule has 2 amide bonds. The van der Waals surface area contributed by atoms with E-state index in [1.54, 1.807) is 4.90 Å². The zero-order chi connectivity index (χ0) is 18.5. The number of rotatable bonds is 6. The molecular formula is C19H21N3O4. The number of amides is 2. The number of likely N-dealkylation sites (tertiary alicyclic amines) is 1. The predicted octanol–water partition coefficient (Wildman–Crippen LogP) is 1.68. The number of carboxylic acids is 1. The molecule has 136 valence electrons. The van der Waals surface area contributed by atoms with Crippen LogP contribution >= 0.6 is 0 Å². The highest BCUT2D eigenvalue weighted by molar-refractivity contribution is 6.00. The number of nitrogens with zero attached hydrogens (tertiary/aromatic N) is 1. The van der Waals surface area contributed by atoms with Gasteiger partial charge in [-0.05, 0) is 24.5 Å². The van der Waals surface area contributed by atoms with Crippen LogP contribution in [-0.4, -0.2) is 51.9 Å². The minimum Gasteiger partial charge on any atom is -0.480 e. The second kappa shape index (κ2) is 7.86. The molecule has 0 saturated carbocycles. The van der Waals surface area contributed by atoms with Crippen LogP contribution in [0.4, 0.5) is 0 Å². The van der Waals surface area contributed by atoms with E-state index >= 15 is 0 Å². The molecule has 3 rings (SSSR count). The molecule has 2 aromatic rings. The Bertz CT molecular complexity index is 794. The van der Waals surface area contributed by atoms with E-state index in [4.69, 9.17) is 0 Å². The van der Waals surface area contributed by atoms with Crippen molar-refractivity contribution in [3.8, 4) is 0 Å². The Morgan fingerprint density at radius 2 is 1.85 bits per heavy atom. The summed E-state index contributed by atoms with van der Waals surface area (Å²) >= 11 is 0. The molecule has 3 N–H and O–H groups in total. The van der Waals surface area contributed by atoms with Crippen molar-refractivity contribution in [2.24, 2.45) is 0 Å². The molecule has 0 radical (unpaired) electrons. The summed E-state index contributed by atoms with van der Waals surface area (Å²) in [7, 11) is 0. The predicted molar refractivity (Wildman–Crippen MR) is 95.0 cm³/mol. The third-order valence-electron chi connectivity index (χ3n) is 4.45. The van der Waals surface area contributed by atoms with Gasteiger partial charge in [-0.1, -0.05) is 30.3 Å². The molecule has 26 heavy (non-hydrogen) atoms. The van der Waals surface area contributed by atoms with E-state index in [-0.39, 0.29) is 17.9 Å². The van der Waals surface area contributed by atoms with Crippen LogP contribution in [0.15, 0.2) is 42.6 Å². The maximum absolute atomic E-state index is 12.4. The minimum absolute atomic E-state index is 0.138. The molecule has 7 nitrogen and oxygen atoms in total. The average molecular weight is 355 g/mol. The zero-order valence-electron chi connectivity index (χ0n) is 14.3. The maximum atomic E-state index is 12.4. The van der Waals surface area contributed by atoms with Gasteiger partial charge in [0.05, 0.1) is 5.56 Å². The van der Waals surface area contributed by atoms with Gasteiger partial charge in [0, 0.05) is 25.7 Å². The first kappa shape index (κ1) is 17.7. The molecule has 0 bridgehead atoms. The lowest BCUT2D eigenvalue weighted by Crippen LogP contribution is -2.42. The van der Waals surface area contributed by atoms with E-state index in [9.17, 15) is 19.5 Å². The molecule has 1 saturated heterocycles. The van der Waals surface area contributed by atoms with Gasteiger partial charge in [-0.3, -0.25) is 9.59 Å². The van der Waals surface area contributed by atoms with Crippen LogP contribution in [0.5, 0.6) is 0 Å². The van der Waals surface area contributed by atoms with Crippen molar-refractivity contribution in [2.45, 2.75) is 25.3 Å². The fourth-order valence-electron chi connectivity index (χ4n) is 3.03. The number of carboxylic acid groups (broad SMARTS) is 1. The highest BCUT2D eigenvalue weighted by Crippen LogP contribution is 2.13. The lowest BCUT2D eigenvalue weighted by molar-refractivity contribution is -0.139. The molecule has 1 aliphatic heterocycles. The molecule has 1 atom stereocenters. The fraction of sp³-hybridized carbons (Fsp3) is 0.316. The van der Waals surface area contributed by atoms with Gasteiger partial charge >= 0.3 is 5.97 Å². The van der Waals surface area contributed by atoms with Crippen LogP contribution in [0.3, 0.4) is 0 Å². The van der Waals surface area contributed by atoms with E-state index in [0.29, 0.717) is 5.69 Å². The van der Waals surface area contributed by atoms with Gasteiger partial charge in [0.1, 0.15) is 11.7 Å². The summed E-state index contributed by atoms with van der Waals surface area (Å²) in [6, 6.07) is 9.53. The Hall–Kier alpha value is -3.09. The molecule has 1 aromatic heterocycles. The van der Waals surface area contributed by atoms with E-state index in [1.165, 1.54) is 12.3 Å². The maximum Gasteiger partial charge on any atom is 0.326 e. The van der Waals surface area contributed by atoms with Crippen molar-refractivity contribution in [3.05, 3.63) is 59.4 Å². The molecule has 1 aliphatic rings. The fourth-order valence-corrected chi connectivity index (χ4v) is 3.03. The molecule has 0 spiro atoms. The standard InChI is InChI=1S/C19H21N3O4/c23-17(21-16(19(25)26)10-13-6-2-1-3-7-13)14-11-15(20-12-14)18(24)22-8-4-5-9-22/h1-3,6-7,11-12,16,20H,4-5,8-10H2,(H,21,23)(H,25,26)/t16-/m1/s1. The van der Waals surface area contributed by atoms with Crippen LogP contribution < -0.4 is 5.32 Å². The van der Waals surface area contributed by atoms with Crippen LogP contribution in [0, 0.1) is 0 Å². The van der Waals surface area contributed by atoms with Gasteiger partial charge < -0.3 is 20.3 Å². The molecule has 7 heteroatoms.